The van der Waals surface area contributed by atoms with E-state index in [2.05, 4.69) is 144 Å². The topological polar surface area (TPSA) is 3.24 Å². The molecule has 1 aromatic heterocycles. The molecule has 0 atom stereocenters. The Morgan fingerprint density at radius 2 is 1.06 bits per heavy atom. The lowest BCUT2D eigenvalue weighted by atomic mass is 10.1. The molecule has 0 saturated heterocycles. The highest BCUT2D eigenvalue weighted by Gasteiger charge is 2.11. The van der Waals surface area contributed by atoms with Crippen LogP contribution < -0.4 is 4.90 Å². The Balaban J connectivity index is 1.33. The van der Waals surface area contributed by atoms with Crippen LogP contribution in [0.3, 0.4) is 0 Å². The summed E-state index contributed by atoms with van der Waals surface area (Å²) < 4.78 is 0. The highest BCUT2D eigenvalue weighted by molar-refractivity contribution is 7.10. The van der Waals surface area contributed by atoms with Gasteiger partial charge in [0.25, 0.3) is 0 Å². The molecule has 0 aliphatic carbocycles. The normalized spacial score (nSPS) is 11.0. The van der Waals surface area contributed by atoms with Gasteiger partial charge in [-0.15, -0.1) is 11.3 Å². The third kappa shape index (κ3) is 5.31. The van der Waals surface area contributed by atoms with Crippen LogP contribution in [-0.4, -0.2) is 0 Å². The van der Waals surface area contributed by atoms with Gasteiger partial charge in [0.1, 0.15) is 0 Å². The van der Waals surface area contributed by atoms with Gasteiger partial charge in [0.15, 0.2) is 0 Å². The maximum atomic E-state index is 2.29. The van der Waals surface area contributed by atoms with Gasteiger partial charge < -0.3 is 4.90 Å². The number of hydrogen-bond acceptors (Lipinski definition) is 2. The third-order valence-electron chi connectivity index (χ3n) is 5.54. The number of rotatable bonds is 7. The minimum absolute atomic E-state index is 0.989. The lowest BCUT2D eigenvalue weighted by molar-refractivity contribution is 1.24. The van der Waals surface area contributed by atoms with E-state index in [0.717, 1.165) is 23.5 Å². The van der Waals surface area contributed by atoms with E-state index < -0.39 is 0 Å². The molecule has 5 aromatic rings. The molecule has 0 amide bonds. The minimum Gasteiger partial charge on any atom is -0.311 e. The second-order valence-corrected chi connectivity index (χ2v) is 8.94. The molecule has 0 spiro atoms. The van der Waals surface area contributed by atoms with Crippen LogP contribution >= 0.6 is 11.3 Å². The van der Waals surface area contributed by atoms with Gasteiger partial charge in [-0.1, -0.05) is 91.0 Å². The van der Waals surface area contributed by atoms with Crippen molar-refractivity contribution in [3.8, 4) is 0 Å². The maximum Gasteiger partial charge on any atom is 0.0462 e. The minimum atomic E-state index is 0.989. The van der Waals surface area contributed by atoms with Crippen LogP contribution in [0.25, 0.3) is 12.2 Å². The first-order valence-electron chi connectivity index (χ1n) is 11.1. The van der Waals surface area contributed by atoms with Crippen molar-refractivity contribution < 1.29 is 0 Å². The molecule has 0 aliphatic heterocycles. The molecule has 1 heterocycles. The Labute approximate surface area is 199 Å². The van der Waals surface area contributed by atoms with Crippen LogP contribution in [-0.2, 0) is 6.42 Å². The number of thiophene rings is 1. The van der Waals surface area contributed by atoms with E-state index in [1.54, 1.807) is 0 Å². The predicted octanol–water partition coefficient (Wildman–Crippen LogP) is 8.98. The van der Waals surface area contributed by atoms with Crippen molar-refractivity contribution in [1.29, 1.82) is 0 Å². The van der Waals surface area contributed by atoms with Gasteiger partial charge >= 0.3 is 0 Å². The van der Waals surface area contributed by atoms with Crippen molar-refractivity contribution in [2.75, 3.05) is 4.90 Å². The fourth-order valence-electron chi connectivity index (χ4n) is 3.90. The van der Waals surface area contributed by atoms with E-state index in [1.807, 2.05) is 11.3 Å². The second-order valence-electron chi connectivity index (χ2n) is 7.94. The van der Waals surface area contributed by atoms with Gasteiger partial charge in [-0.2, -0.15) is 0 Å². The number of benzene rings is 4. The summed E-state index contributed by atoms with van der Waals surface area (Å²) in [7, 11) is 0. The number of hydrogen-bond donors (Lipinski definition) is 0. The zero-order chi connectivity index (χ0) is 22.3. The van der Waals surface area contributed by atoms with E-state index in [1.165, 1.54) is 21.6 Å². The molecular weight excluding hydrogens is 418 g/mol. The summed E-state index contributed by atoms with van der Waals surface area (Å²) in [4.78, 5) is 3.67. The summed E-state index contributed by atoms with van der Waals surface area (Å²) >= 11 is 1.82. The zero-order valence-electron chi connectivity index (χ0n) is 18.3. The van der Waals surface area contributed by atoms with Crippen LogP contribution in [0.15, 0.2) is 127 Å². The maximum absolute atomic E-state index is 2.29. The van der Waals surface area contributed by atoms with Crippen molar-refractivity contribution in [2.45, 2.75) is 6.42 Å². The van der Waals surface area contributed by atoms with Crippen molar-refractivity contribution in [3.63, 3.8) is 0 Å². The van der Waals surface area contributed by atoms with Crippen LogP contribution in [0.5, 0.6) is 0 Å². The molecule has 0 aliphatic rings. The van der Waals surface area contributed by atoms with Gasteiger partial charge in [0.2, 0.25) is 0 Å². The van der Waals surface area contributed by atoms with Gasteiger partial charge in [0, 0.05) is 28.4 Å². The van der Waals surface area contributed by atoms with Gasteiger partial charge in [-0.25, -0.2) is 0 Å². The fourth-order valence-corrected chi connectivity index (χ4v) is 4.79. The molecule has 160 valence electrons. The van der Waals surface area contributed by atoms with Crippen LogP contribution in [0.1, 0.15) is 21.6 Å². The molecule has 0 saturated carbocycles. The van der Waals surface area contributed by atoms with Crippen molar-refractivity contribution in [2.24, 2.45) is 0 Å². The number of anilines is 3. The first-order chi connectivity index (χ1) is 16.3. The van der Waals surface area contributed by atoms with Gasteiger partial charge in [0.05, 0.1) is 0 Å². The van der Waals surface area contributed by atoms with Gasteiger partial charge in [-0.05, 0) is 64.5 Å². The Morgan fingerprint density at radius 1 is 0.545 bits per heavy atom. The number of para-hydroxylation sites is 2. The monoisotopic (exact) mass is 443 g/mol. The summed E-state index contributed by atoms with van der Waals surface area (Å²) in [6.07, 6.45) is 5.38. The second kappa shape index (κ2) is 10.2. The molecule has 33 heavy (non-hydrogen) atoms. The predicted molar refractivity (Wildman–Crippen MR) is 144 cm³/mol. The molecule has 0 bridgehead atoms. The average Bonchev–Trinajstić information content (AvgIpc) is 3.33. The highest BCUT2D eigenvalue weighted by atomic mass is 32.1. The SMILES string of the molecule is C(=C\c1csc(Cc2ccccc2)c1)/c1ccc(N(c2ccccc2)c2ccccc2)cc1. The molecule has 5 rings (SSSR count). The Morgan fingerprint density at radius 3 is 1.67 bits per heavy atom. The largest absolute Gasteiger partial charge is 0.311 e. The Kier molecular flexibility index (Phi) is 6.46. The lowest BCUT2D eigenvalue weighted by Gasteiger charge is -2.25. The van der Waals surface area contributed by atoms with Crippen LogP contribution in [0.2, 0.25) is 0 Å². The quantitative estimate of drug-likeness (QED) is 0.243. The molecule has 1 nitrogen and oxygen atoms in total. The first-order valence-corrected chi connectivity index (χ1v) is 12.0. The van der Waals surface area contributed by atoms with E-state index >= 15 is 0 Å². The molecule has 4 aromatic carbocycles. The van der Waals surface area contributed by atoms with Gasteiger partial charge in [-0.3, -0.25) is 0 Å². The Bertz CT molecular complexity index is 1260. The van der Waals surface area contributed by atoms with E-state index in [4.69, 9.17) is 0 Å². The van der Waals surface area contributed by atoms with E-state index in [9.17, 15) is 0 Å². The molecule has 0 radical (unpaired) electrons. The molecule has 0 N–H and O–H groups in total. The smallest absolute Gasteiger partial charge is 0.0462 e. The molecular formula is C31H25NS. The third-order valence-corrected chi connectivity index (χ3v) is 6.50. The van der Waals surface area contributed by atoms with Crippen molar-refractivity contribution in [1.82, 2.24) is 0 Å². The summed E-state index contributed by atoms with van der Waals surface area (Å²) in [6.45, 7) is 0. The van der Waals surface area contributed by atoms with E-state index in [0.29, 0.717) is 0 Å². The summed E-state index contributed by atoms with van der Waals surface area (Å²) in [5, 5.41) is 2.23. The summed E-state index contributed by atoms with van der Waals surface area (Å²) in [5.41, 5.74) is 7.24. The number of nitrogens with zero attached hydrogens (tertiary/aromatic N) is 1. The molecule has 0 unspecified atom stereocenters. The fraction of sp³-hybridized carbons (Fsp3) is 0.0323. The van der Waals surface area contributed by atoms with Crippen molar-refractivity contribution >= 4 is 40.6 Å². The van der Waals surface area contributed by atoms with Crippen molar-refractivity contribution in [3.05, 3.63) is 148 Å². The summed E-state index contributed by atoms with van der Waals surface area (Å²) in [6, 6.07) is 42.7. The molecule has 2 heteroatoms. The average molecular weight is 444 g/mol. The zero-order valence-corrected chi connectivity index (χ0v) is 19.2. The standard InChI is InChI=1S/C31H25NS/c1-4-10-26(11-5-1)22-31-23-27(24-33-31)17-16-25-18-20-30(21-19-25)32(28-12-6-2-7-13-28)29-14-8-3-9-15-29/h1-21,23-24H,22H2/b17-16+. The Hall–Kier alpha value is -3.88. The summed E-state index contributed by atoms with van der Waals surface area (Å²) in [5.74, 6) is 0. The van der Waals surface area contributed by atoms with Crippen LogP contribution in [0, 0.1) is 0 Å². The molecule has 0 fully saturated rings. The van der Waals surface area contributed by atoms with E-state index in [-0.39, 0.29) is 0 Å². The lowest BCUT2D eigenvalue weighted by Crippen LogP contribution is -2.09. The first kappa shape index (κ1) is 21.0. The highest BCUT2D eigenvalue weighted by Crippen LogP contribution is 2.34. The van der Waals surface area contributed by atoms with Crippen LogP contribution in [0.4, 0.5) is 17.1 Å².